The molecule has 0 heterocycles. The summed E-state index contributed by atoms with van der Waals surface area (Å²) in [6.07, 6.45) is 27.6. The van der Waals surface area contributed by atoms with Crippen LogP contribution in [0.15, 0.2) is 0 Å². The number of rotatable bonds is 25. The zero-order valence-corrected chi connectivity index (χ0v) is 24.7. The van der Waals surface area contributed by atoms with E-state index in [0.717, 1.165) is 25.7 Å². The van der Waals surface area contributed by atoms with Crippen LogP contribution in [0.5, 0.6) is 0 Å². The van der Waals surface area contributed by atoms with Crippen molar-refractivity contribution >= 4 is 10.4 Å². The molecule has 188 valence electrons. The molecule has 0 aromatic rings. The topological polar surface area (TPSA) is 66.4 Å². The van der Waals surface area contributed by atoms with Crippen LogP contribution in [-0.2, 0) is 14.6 Å². The molecule has 0 radical (unpaired) electrons. The van der Waals surface area contributed by atoms with Gasteiger partial charge in [-0.15, -0.1) is 0 Å². The van der Waals surface area contributed by atoms with Gasteiger partial charge < -0.3 is 4.55 Å². The Labute approximate surface area is 223 Å². The number of hydrogen-bond acceptors (Lipinski definition) is 4. The summed E-state index contributed by atoms with van der Waals surface area (Å²) in [5, 5.41) is 0. The van der Waals surface area contributed by atoms with E-state index in [1.54, 1.807) is 0 Å². The smallest absolute Gasteiger partial charge is 0.726 e. The summed E-state index contributed by atoms with van der Waals surface area (Å²) in [4.78, 5) is 0. The summed E-state index contributed by atoms with van der Waals surface area (Å²) >= 11 is 0. The molecule has 1 atom stereocenters. The Morgan fingerprint density at radius 2 is 0.781 bits per heavy atom. The average Bonchev–Trinajstić information content (AvgIpc) is 2.72. The van der Waals surface area contributed by atoms with Gasteiger partial charge in [0.05, 0.1) is 6.10 Å². The molecule has 0 N–H and O–H groups in total. The van der Waals surface area contributed by atoms with Crippen molar-refractivity contribution < 1.29 is 46.7 Å². The first-order chi connectivity index (χ1) is 15.0. The molecule has 0 aromatic carbocycles. The summed E-state index contributed by atoms with van der Waals surface area (Å²) < 4.78 is 37.8. The van der Waals surface area contributed by atoms with Gasteiger partial charge in [0.2, 0.25) is 10.4 Å². The quantitative estimate of drug-likeness (QED) is 0.0706. The fraction of sp³-hybridized carbons (Fsp3) is 1.00. The molecular formula is C26H53NaO4S. The second kappa shape index (κ2) is 26.5. The third-order valence-corrected chi connectivity index (χ3v) is 6.77. The van der Waals surface area contributed by atoms with E-state index in [1.807, 2.05) is 0 Å². The van der Waals surface area contributed by atoms with Crippen LogP contribution in [0, 0.1) is 0 Å². The van der Waals surface area contributed by atoms with Crippen LogP contribution in [0.4, 0.5) is 0 Å². The normalized spacial score (nSPS) is 12.6. The van der Waals surface area contributed by atoms with E-state index in [9.17, 15) is 13.0 Å². The molecule has 0 spiro atoms. The van der Waals surface area contributed by atoms with Crippen molar-refractivity contribution in [2.45, 2.75) is 168 Å². The van der Waals surface area contributed by atoms with E-state index in [4.69, 9.17) is 4.18 Å². The molecule has 0 amide bonds. The molecule has 0 aliphatic carbocycles. The van der Waals surface area contributed by atoms with Gasteiger partial charge in [0.25, 0.3) is 0 Å². The molecule has 32 heavy (non-hydrogen) atoms. The second-order valence-corrected chi connectivity index (χ2v) is 10.4. The molecule has 0 aliphatic heterocycles. The van der Waals surface area contributed by atoms with Crippen LogP contribution >= 0.6 is 0 Å². The minimum atomic E-state index is -4.60. The van der Waals surface area contributed by atoms with E-state index >= 15 is 0 Å². The zero-order valence-electron chi connectivity index (χ0n) is 21.9. The van der Waals surface area contributed by atoms with Gasteiger partial charge in [0.15, 0.2) is 0 Å². The van der Waals surface area contributed by atoms with Gasteiger partial charge in [-0.3, -0.25) is 4.18 Å². The second-order valence-electron chi connectivity index (χ2n) is 9.42. The van der Waals surface area contributed by atoms with Gasteiger partial charge in [-0.1, -0.05) is 149 Å². The van der Waals surface area contributed by atoms with Crippen molar-refractivity contribution in [3.63, 3.8) is 0 Å². The van der Waals surface area contributed by atoms with E-state index in [0.29, 0.717) is 12.8 Å². The largest absolute Gasteiger partial charge is 1.00 e. The Morgan fingerprint density at radius 3 is 1.03 bits per heavy atom. The molecule has 0 fully saturated rings. The van der Waals surface area contributed by atoms with E-state index < -0.39 is 16.5 Å². The summed E-state index contributed by atoms with van der Waals surface area (Å²) in [5.74, 6) is 0. The molecule has 1 unspecified atom stereocenters. The standard InChI is InChI=1S/C26H54O4S.Na/c1-3-5-7-9-11-12-13-14-15-16-17-18-19-21-23-25-26(30-31(27,28)29)24-22-20-10-8-6-4-2;/h26H,3-25H2,1-2H3,(H,27,28,29);/q;+1/p-1. The van der Waals surface area contributed by atoms with Gasteiger partial charge >= 0.3 is 29.6 Å². The van der Waals surface area contributed by atoms with Crippen LogP contribution in [0.25, 0.3) is 0 Å². The SMILES string of the molecule is CCCCCCCCCCCCCCCCCC(CCCCCCCC)OS(=O)(=O)[O-].[Na+]. The van der Waals surface area contributed by atoms with Crippen molar-refractivity contribution in [3.8, 4) is 0 Å². The van der Waals surface area contributed by atoms with Gasteiger partial charge in [0, 0.05) is 0 Å². The fourth-order valence-corrected chi connectivity index (χ4v) is 4.83. The van der Waals surface area contributed by atoms with Crippen molar-refractivity contribution in [2.75, 3.05) is 0 Å². The molecule has 0 saturated heterocycles. The Kier molecular flexibility index (Phi) is 29.0. The minimum Gasteiger partial charge on any atom is -0.726 e. The molecule has 0 saturated carbocycles. The Morgan fingerprint density at radius 1 is 0.531 bits per heavy atom. The van der Waals surface area contributed by atoms with Crippen molar-refractivity contribution in [1.82, 2.24) is 0 Å². The maximum absolute atomic E-state index is 11.0. The summed E-state index contributed by atoms with van der Waals surface area (Å²) in [6, 6.07) is 0. The fourth-order valence-electron chi connectivity index (χ4n) is 4.30. The minimum absolute atomic E-state index is 0. The molecule has 4 nitrogen and oxygen atoms in total. The molecule has 0 aliphatic rings. The maximum atomic E-state index is 11.0. The van der Waals surface area contributed by atoms with Crippen molar-refractivity contribution in [2.24, 2.45) is 0 Å². The predicted octanol–water partition coefficient (Wildman–Crippen LogP) is 5.85. The van der Waals surface area contributed by atoms with Crippen LogP contribution in [0.3, 0.4) is 0 Å². The number of hydrogen-bond donors (Lipinski definition) is 0. The average molecular weight is 485 g/mol. The predicted molar refractivity (Wildman–Crippen MR) is 132 cm³/mol. The third kappa shape index (κ3) is 28.9. The van der Waals surface area contributed by atoms with Crippen molar-refractivity contribution in [1.29, 1.82) is 0 Å². The van der Waals surface area contributed by atoms with Crippen LogP contribution < -0.4 is 29.6 Å². The Balaban J connectivity index is 0. The van der Waals surface area contributed by atoms with Gasteiger partial charge in [0.1, 0.15) is 0 Å². The molecule has 0 rings (SSSR count). The van der Waals surface area contributed by atoms with Gasteiger partial charge in [-0.05, 0) is 12.8 Å². The summed E-state index contributed by atoms with van der Waals surface area (Å²) in [7, 11) is -4.60. The van der Waals surface area contributed by atoms with E-state index in [1.165, 1.54) is 109 Å². The Bertz CT molecular complexity index is 457. The molecule has 0 bridgehead atoms. The van der Waals surface area contributed by atoms with E-state index in [2.05, 4.69) is 13.8 Å². The first-order valence-corrected chi connectivity index (χ1v) is 15.0. The van der Waals surface area contributed by atoms with E-state index in [-0.39, 0.29) is 29.6 Å². The molecule has 0 aromatic heterocycles. The first-order valence-electron chi connectivity index (χ1n) is 13.6. The van der Waals surface area contributed by atoms with Crippen LogP contribution in [0.1, 0.15) is 162 Å². The molecular weight excluding hydrogens is 431 g/mol. The Hall–Kier alpha value is 0.870. The van der Waals surface area contributed by atoms with Crippen LogP contribution in [-0.4, -0.2) is 19.1 Å². The zero-order chi connectivity index (χ0) is 23.0. The summed E-state index contributed by atoms with van der Waals surface area (Å²) in [6.45, 7) is 4.46. The number of unbranched alkanes of at least 4 members (excludes halogenated alkanes) is 19. The van der Waals surface area contributed by atoms with Crippen molar-refractivity contribution in [3.05, 3.63) is 0 Å². The monoisotopic (exact) mass is 484 g/mol. The summed E-state index contributed by atoms with van der Waals surface area (Å²) in [5.41, 5.74) is 0. The van der Waals surface area contributed by atoms with Gasteiger partial charge in [-0.25, -0.2) is 8.42 Å². The first kappa shape index (κ1) is 35.0. The van der Waals surface area contributed by atoms with Gasteiger partial charge in [-0.2, -0.15) is 0 Å². The van der Waals surface area contributed by atoms with Crippen LogP contribution in [0.2, 0.25) is 0 Å². The molecule has 6 heteroatoms. The maximum Gasteiger partial charge on any atom is 1.00 e. The third-order valence-electron chi connectivity index (χ3n) is 6.26.